The predicted molar refractivity (Wildman–Crippen MR) is 94.2 cm³/mol. The highest BCUT2D eigenvalue weighted by Gasteiger charge is 2.20. The van der Waals surface area contributed by atoms with Crippen molar-refractivity contribution >= 4 is 11.6 Å². The van der Waals surface area contributed by atoms with Gasteiger partial charge in [-0.1, -0.05) is 50.4 Å². The van der Waals surface area contributed by atoms with Crippen LogP contribution in [0.3, 0.4) is 0 Å². The first-order valence-corrected chi connectivity index (χ1v) is 8.49. The second-order valence-corrected chi connectivity index (χ2v) is 6.68. The van der Waals surface area contributed by atoms with E-state index in [0.29, 0.717) is 12.1 Å². The molecule has 0 aromatic heterocycles. The smallest absolute Gasteiger partial charge is 0.0406 e. The second-order valence-electron chi connectivity index (χ2n) is 6.25. The van der Waals surface area contributed by atoms with Crippen LogP contribution in [-0.4, -0.2) is 37.6 Å². The summed E-state index contributed by atoms with van der Waals surface area (Å²) in [4.78, 5) is 2.36. The number of hydrogen-bond acceptors (Lipinski definition) is 2. The molecule has 0 radical (unpaired) electrons. The Morgan fingerprint density at radius 2 is 1.67 bits per heavy atom. The Morgan fingerprint density at radius 3 is 2.14 bits per heavy atom. The summed E-state index contributed by atoms with van der Waals surface area (Å²) in [7, 11) is 4.38. The first-order valence-electron chi connectivity index (χ1n) is 8.12. The van der Waals surface area contributed by atoms with Crippen LogP contribution in [0.15, 0.2) is 24.3 Å². The maximum atomic E-state index is 5.93. The van der Waals surface area contributed by atoms with Gasteiger partial charge in [0.25, 0.3) is 0 Å². The molecule has 0 aliphatic carbocycles. The van der Waals surface area contributed by atoms with Gasteiger partial charge >= 0.3 is 0 Å². The van der Waals surface area contributed by atoms with Gasteiger partial charge in [-0.2, -0.15) is 0 Å². The fourth-order valence-corrected chi connectivity index (χ4v) is 3.10. The number of nitrogens with zero attached hydrogens (tertiary/aromatic N) is 1. The molecule has 0 saturated carbocycles. The molecule has 0 heterocycles. The molecule has 21 heavy (non-hydrogen) atoms. The van der Waals surface area contributed by atoms with E-state index in [0.717, 1.165) is 23.9 Å². The lowest BCUT2D eigenvalue weighted by atomic mass is 9.93. The Morgan fingerprint density at radius 1 is 1.10 bits per heavy atom. The van der Waals surface area contributed by atoms with Crippen LogP contribution >= 0.6 is 11.6 Å². The number of hydrogen-bond donors (Lipinski definition) is 1. The van der Waals surface area contributed by atoms with Crippen LogP contribution in [0.4, 0.5) is 0 Å². The number of benzene rings is 1. The first kappa shape index (κ1) is 18.5. The van der Waals surface area contributed by atoms with Crippen LogP contribution in [-0.2, 0) is 6.42 Å². The van der Waals surface area contributed by atoms with Gasteiger partial charge in [0.15, 0.2) is 0 Å². The molecule has 1 N–H and O–H groups in total. The standard InChI is InChI=1S/C18H31ClN2/c1-6-16(7-2)18(21(4)5)13-20-14(3)12-15-8-10-17(19)11-9-15/h8-11,14,16,18,20H,6-7,12-13H2,1-5H3. The van der Waals surface area contributed by atoms with Crippen molar-refractivity contribution in [3.05, 3.63) is 34.9 Å². The molecule has 2 unspecified atom stereocenters. The highest BCUT2D eigenvalue weighted by atomic mass is 35.5. The number of rotatable bonds is 9. The van der Waals surface area contributed by atoms with Gasteiger partial charge in [0.05, 0.1) is 0 Å². The van der Waals surface area contributed by atoms with Gasteiger partial charge in [0, 0.05) is 23.7 Å². The Balaban J connectivity index is 2.49. The molecule has 2 atom stereocenters. The lowest BCUT2D eigenvalue weighted by molar-refractivity contribution is 0.190. The molecule has 0 amide bonds. The van der Waals surface area contributed by atoms with Crippen molar-refractivity contribution in [2.45, 2.75) is 52.1 Å². The SMILES string of the molecule is CCC(CC)C(CNC(C)Cc1ccc(Cl)cc1)N(C)C. The molecule has 0 spiro atoms. The first-order chi connectivity index (χ1) is 9.97. The minimum absolute atomic E-state index is 0.475. The summed E-state index contributed by atoms with van der Waals surface area (Å²) in [6, 6.07) is 9.25. The third-order valence-corrected chi connectivity index (χ3v) is 4.64. The van der Waals surface area contributed by atoms with Crippen molar-refractivity contribution in [1.29, 1.82) is 0 Å². The van der Waals surface area contributed by atoms with Crippen LogP contribution in [0.2, 0.25) is 5.02 Å². The van der Waals surface area contributed by atoms with Gasteiger partial charge in [0.1, 0.15) is 0 Å². The van der Waals surface area contributed by atoms with Gasteiger partial charge < -0.3 is 10.2 Å². The Labute approximate surface area is 135 Å². The van der Waals surface area contributed by atoms with Crippen LogP contribution in [0.1, 0.15) is 39.2 Å². The summed E-state index contributed by atoms with van der Waals surface area (Å²) in [6.45, 7) is 7.89. The van der Waals surface area contributed by atoms with E-state index in [-0.39, 0.29) is 0 Å². The topological polar surface area (TPSA) is 15.3 Å². The zero-order valence-corrected chi connectivity index (χ0v) is 15.0. The lowest BCUT2D eigenvalue weighted by Gasteiger charge is -2.32. The highest BCUT2D eigenvalue weighted by Crippen LogP contribution is 2.17. The van der Waals surface area contributed by atoms with E-state index < -0.39 is 0 Å². The van der Waals surface area contributed by atoms with E-state index in [9.17, 15) is 0 Å². The van der Waals surface area contributed by atoms with E-state index in [1.54, 1.807) is 0 Å². The van der Waals surface area contributed by atoms with Crippen molar-refractivity contribution in [2.24, 2.45) is 5.92 Å². The molecule has 0 aliphatic rings. The van der Waals surface area contributed by atoms with Gasteiger partial charge in [-0.25, -0.2) is 0 Å². The van der Waals surface area contributed by atoms with Crippen LogP contribution in [0.25, 0.3) is 0 Å². The van der Waals surface area contributed by atoms with E-state index in [1.165, 1.54) is 18.4 Å². The quantitative estimate of drug-likeness (QED) is 0.734. The van der Waals surface area contributed by atoms with Crippen LogP contribution < -0.4 is 5.32 Å². The zero-order valence-electron chi connectivity index (χ0n) is 14.2. The summed E-state index contributed by atoms with van der Waals surface area (Å²) in [5, 5.41) is 4.51. The lowest BCUT2D eigenvalue weighted by Crippen LogP contribution is -2.45. The van der Waals surface area contributed by atoms with Gasteiger partial charge in [-0.05, 0) is 51.1 Å². The van der Waals surface area contributed by atoms with E-state index in [4.69, 9.17) is 11.6 Å². The van der Waals surface area contributed by atoms with Crippen molar-refractivity contribution in [3.8, 4) is 0 Å². The van der Waals surface area contributed by atoms with Gasteiger partial charge in [0.2, 0.25) is 0 Å². The minimum atomic E-state index is 0.475. The third kappa shape index (κ3) is 6.37. The zero-order chi connectivity index (χ0) is 15.8. The molecule has 0 aliphatic heterocycles. The fraction of sp³-hybridized carbons (Fsp3) is 0.667. The summed E-state index contributed by atoms with van der Waals surface area (Å²) < 4.78 is 0. The molecule has 1 aromatic carbocycles. The maximum absolute atomic E-state index is 5.93. The van der Waals surface area contributed by atoms with Gasteiger partial charge in [-0.15, -0.1) is 0 Å². The Hall–Kier alpha value is -0.570. The van der Waals surface area contributed by atoms with Crippen LogP contribution in [0.5, 0.6) is 0 Å². The molecule has 0 bridgehead atoms. The molecule has 1 rings (SSSR count). The number of halogens is 1. The molecule has 120 valence electrons. The Kier molecular flexibility index (Phi) is 8.31. The molecular formula is C18H31ClN2. The summed E-state index contributed by atoms with van der Waals surface area (Å²) in [5.74, 6) is 0.759. The summed E-state index contributed by atoms with van der Waals surface area (Å²) >= 11 is 5.93. The van der Waals surface area contributed by atoms with Crippen LogP contribution in [0, 0.1) is 5.92 Å². The average molecular weight is 311 g/mol. The third-order valence-electron chi connectivity index (χ3n) is 4.39. The van der Waals surface area contributed by atoms with E-state index in [2.05, 4.69) is 57.2 Å². The van der Waals surface area contributed by atoms with Gasteiger partial charge in [-0.3, -0.25) is 0 Å². The summed E-state index contributed by atoms with van der Waals surface area (Å²) in [5.41, 5.74) is 1.34. The largest absolute Gasteiger partial charge is 0.312 e. The normalized spacial score (nSPS) is 14.7. The highest BCUT2D eigenvalue weighted by molar-refractivity contribution is 6.30. The average Bonchev–Trinajstić information content (AvgIpc) is 2.45. The maximum Gasteiger partial charge on any atom is 0.0406 e. The fourth-order valence-electron chi connectivity index (χ4n) is 2.97. The van der Waals surface area contributed by atoms with Crippen molar-refractivity contribution < 1.29 is 0 Å². The number of likely N-dealkylation sites (N-methyl/N-ethyl adjacent to an activating group) is 1. The van der Waals surface area contributed by atoms with Crippen molar-refractivity contribution in [1.82, 2.24) is 10.2 Å². The van der Waals surface area contributed by atoms with E-state index >= 15 is 0 Å². The molecule has 3 heteroatoms. The summed E-state index contributed by atoms with van der Waals surface area (Å²) in [6.07, 6.45) is 3.53. The van der Waals surface area contributed by atoms with Crippen molar-refractivity contribution in [3.63, 3.8) is 0 Å². The molecule has 2 nitrogen and oxygen atoms in total. The Bertz CT molecular complexity index is 385. The molecule has 0 fully saturated rings. The van der Waals surface area contributed by atoms with Crippen molar-refractivity contribution in [2.75, 3.05) is 20.6 Å². The molecular weight excluding hydrogens is 280 g/mol. The number of nitrogens with one attached hydrogen (secondary N) is 1. The molecule has 0 saturated heterocycles. The monoisotopic (exact) mass is 310 g/mol. The minimum Gasteiger partial charge on any atom is -0.312 e. The molecule has 1 aromatic rings. The second kappa shape index (κ2) is 9.45. The van der Waals surface area contributed by atoms with E-state index in [1.807, 2.05) is 12.1 Å². The predicted octanol–water partition coefficient (Wildman–Crippen LogP) is 4.23.